The Morgan fingerprint density at radius 2 is 2.00 bits per heavy atom. The van der Waals surface area contributed by atoms with E-state index in [2.05, 4.69) is 9.98 Å². The monoisotopic (exact) mass is 324 g/mol. The first kappa shape index (κ1) is 14.6. The molecule has 1 N–H and O–H groups in total. The number of amidine groups is 1. The molecule has 4 rings (SSSR count). The predicted molar refractivity (Wildman–Crippen MR) is 86.7 cm³/mol. The second-order valence-electron chi connectivity index (χ2n) is 6.23. The molecule has 1 aromatic heterocycles. The third-order valence-electron chi connectivity index (χ3n) is 4.58. The van der Waals surface area contributed by atoms with Crippen molar-refractivity contribution in [1.82, 2.24) is 14.8 Å². The fourth-order valence-corrected chi connectivity index (χ4v) is 3.23. The molecule has 2 aliphatic rings. The van der Waals surface area contributed by atoms with Crippen molar-refractivity contribution in [3.8, 4) is 0 Å². The van der Waals surface area contributed by atoms with E-state index in [0.717, 1.165) is 16.8 Å². The average Bonchev–Trinajstić information content (AvgIpc) is 3.07. The number of urea groups is 1. The van der Waals surface area contributed by atoms with E-state index in [1.54, 1.807) is 11.6 Å². The third-order valence-corrected chi connectivity index (χ3v) is 4.58. The molecule has 3 heterocycles. The van der Waals surface area contributed by atoms with Gasteiger partial charge >= 0.3 is 12.0 Å². The van der Waals surface area contributed by atoms with Crippen molar-refractivity contribution in [3.05, 3.63) is 47.3 Å². The molecule has 0 spiro atoms. The number of aromatic amines is 1. The van der Waals surface area contributed by atoms with E-state index in [0.29, 0.717) is 11.8 Å². The van der Waals surface area contributed by atoms with Crippen LogP contribution in [0.2, 0.25) is 0 Å². The molecule has 1 unspecified atom stereocenters. The van der Waals surface area contributed by atoms with E-state index in [1.165, 1.54) is 9.80 Å². The number of rotatable bonds is 2. The van der Waals surface area contributed by atoms with Crippen LogP contribution in [-0.4, -0.2) is 39.6 Å². The van der Waals surface area contributed by atoms with E-state index in [4.69, 9.17) is 0 Å². The minimum atomic E-state index is -0.586. The number of fused-ring (bicyclic) bond motifs is 3. The van der Waals surface area contributed by atoms with Crippen molar-refractivity contribution in [3.63, 3.8) is 0 Å². The summed E-state index contributed by atoms with van der Waals surface area (Å²) in [4.78, 5) is 36.0. The zero-order chi connectivity index (χ0) is 17.0. The molecule has 7 nitrogen and oxygen atoms in total. The number of imidazole rings is 1. The van der Waals surface area contributed by atoms with Crippen LogP contribution in [0.25, 0.3) is 0 Å². The van der Waals surface area contributed by atoms with Gasteiger partial charge in [-0.3, -0.25) is 14.6 Å². The molecular weight excluding hydrogens is 306 g/mol. The minimum Gasteiger partial charge on any atom is -0.270 e. The summed E-state index contributed by atoms with van der Waals surface area (Å²) >= 11 is 0. The van der Waals surface area contributed by atoms with Crippen LogP contribution in [0.5, 0.6) is 0 Å². The summed E-state index contributed by atoms with van der Waals surface area (Å²) in [5.74, 6) is 0.818. The number of aromatic nitrogens is 2. The SMILES string of the molecule is Cc1c[n+]2c([nH]1)N=C1C2C(=O)N(Cc2ccccc2C)C(=O)N1C. The molecule has 1 saturated heterocycles. The van der Waals surface area contributed by atoms with Gasteiger partial charge in [0.15, 0.2) is 0 Å². The Labute approximate surface area is 139 Å². The molecule has 0 bridgehead atoms. The van der Waals surface area contributed by atoms with Gasteiger partial charge in [-0.15, -0.1) is 0 Å². The van der Waals surface area contributed by atoms with Crippen molar-refractivity contribution in [2.75, 3.05) is 7.05 Å². The van der Waals surface area contributed by atoms with E-state index in [-0.39, 0.29) is 18.5 Å². The van der Waals surface area contributed by atoms with Gasteiger partial charge in [-0.1, -0.05) is 29.3 Å². The lowest BCUT2D eigenvalue weighted by molar-refractivity contribution is -0.676. The molecule has 1 aromatic carbocycles. The lowest BCUT2D eigenvalue weighted by atomic mass is 10.1. The van der Waals surface area contributed by atoms with E-state index in [1.807, 2.05) is 44.3 Å². The fourth-order valence-electron chi connectivity index (χ4n) is 3.23. The summed E-state index contributed by atoms with van der Waals surface area (Å²) in [5.41, 5.74) is 2.93. The van der Waals surface area contributed by atoms with Gasteiger partial charge in [0.1, 0.15) is 11.9 Å². The van der Waals surface area contributed by atoms with Gasteiger partial charge in [0, 0.05) is 7.05 Å². The van der Waals surface area contributed by atoms with Crippen LogP contribution in [0.4, 0.5) is 10.7 Å². The van der Waals surface area contributed by atoms with Crippen molar-refractivity contribution in [2.45, 2.75) is 26.4 Å². The van der Waals surface area contributed by atoms with Crippen LogP contribution in [0.1, 0.15) is 22.9 Å². The maximum Gasteiger partial charge on any atom is 0.399 e. The maximum atomic E-state index is 13.0. The number of aliphatic imine (C=N–C) groups is 1. The third kappa shape index (κ3) is 1.97. The second kappa shape index (κ2) is 5.02. The van der Waals surface area contributed by atoms with Gasteiger partial charge < -0.3 is 0 Å². The highest BCUT2D eigenvalue weighted by Gasteiger charge is 2.52. The van der Waals surface area contributed by atoms with Crippen molar-refractivity contribution >= 4 is 23.7 Å². The largest absolute Gasteiger partial charge is 0.399 e. The smallest absolute Gasteiger partial charge is 0.270 e. The summed E-state index contributed by atoms with van der Waals surface area (Å²) in [6.45, 7) is 4.15. The van der Waals surface area contributed by atoms with E-state index < -0.39 is 6.04 Å². The molecule has 1 atom stereocenters. The highest BCUT2D eigenvalue weighted by Crippen LogP contribution is 2.28. The Balaban J connectivity index is 1.73. The van der Waals surface area contributed by atoms with E-state index in [9.17, 15) is 9.59 Å². The first-order chi connectivity index (χ1) is 11.5. The second-order valence-corrected chi connectivity index (χ2v) is 6.23. The molecule has 1 fully saturated rings. The normalized spacial score (nSPS) is 19.5. The Bertz CT molecular complexity index is 898. The summed E-state index contributed by atoms with van der Waals surface area (Å²) in [6.07, 6.45) is 1.85. The number of imide groups is 1. The van der Waals surface area contributed by atoms with Gasteiger partial charge in [-0.25, -0.2) is 14.3 Å². The molecule has 0 aliphatic carbocycles. The molecule has 122 valence electrons. The number of H-pyrrole nitrogens is 1. The summed E-state index contributed by atoms with van der Waals surface area (Å²) in [5, 5.41) is 0. The number of aryl methyl sites for hydroxylation is 2. The lowest BCUT2D eigenvalue weighted by Crippen LogP contribution is -2.62. The van der Waals surface area contributed by atoms with Crippen LogP contribution >= 0.6 is 0 Å². The molecule has 7 heteroatoms. The Kier molecular flexibility index (Phi) is 3.06. The topological polar surface area (TPSA) is 72.6 Å². The quantitative estimate of drug-likeness (QED) is 0.852. The van der Waals surface area contributed by atoms with Crippen molar-refractivity contribution in [1.29, 1.82) is 0 Å². The Morgan fingerprint density at radius 3 is 2.75 bits per heavy atom. The molecule has 2 aliphatic heterocycles. The van der Waals surface area contributed by atoms with Gasteiger partial charge in [0.2, 0.25) is 11.9 Å². The highest BCUT2D eigenvalue weighted by molar-refractivity contribution is 6.18. The maximum absolute atomic E-state index is 13.0. The number of likely N-dealkylation sites (N-methyl/N-ethyl adjacent to an activating group) is 1. The first-order valence-electron chi connectivity index (χ1n) is 7.80. The zero-order valence-corrected chi connectivity index (χ0v) is 13.8. The predicted octanol–water partition coefficient (Wildman–Crippen LogP) is 1.60. The number of hydrogen-bond acceptors (Lipinski definition) is 3. The summed E-state index contributed by atoms with van der Waals surface area (Å²) in [7, 11) is 1.66. The first-order valence-corrected chi connectivity index (χ1v) is 7.80. The highest BCUT2D eigenvalue weighted by atomic mass is 16.2. The Hall–Kier alpha value is -2.96. The van der Waals surface area contributed by atoms with Crippen LogP contribution in [0.15, 0.2) is 35.5 Å². The van der Waals surface area contributed by atoms with Gasteiger partial charge in [-0.2, -0.15) is 0 Å². The zero-order valence-electron chi connectivity index (χ0n) is 13.8. The van der Waals surface area contributed by atoms with Crippen molar-refractivity contribution < 1.29 is 14.2 Å². The molecule has 2 aromatic rings. The van der Waals surface area contributed by atoms with Gasteiger partial charge in [0.25, 0.3) is 5.91 Å². The summed E-state index contributed by atoms with van der Waals surface area (Å²) in [6, 6.07) is 6.83. The molecule has 3 amide bonds. The lowest BCUT2D eigenvalue weighted by Gasteiger charge is -2.33. The van der Waals surface area contributed by atoms with Crippen LogP contribution in [0, 0.1) is 13.8 Å². The van der Waals surface area contributed by atoms with Crippen molar-refractivity contribution in [2.24, 2.45) is 4.99 Å². The molecule has 24 heavy (non-hydrogen) atoms. The van der Waals surface area contributed by atoms with Gasteiger partial charge in [-0.05, 0) is 25.0 Å². The molecule has 0 saturated carbocycles. The minimum absolute atomic E-state index is 0.247. The Morgan fingerprint density at radius 1 is 1.25 bits per heavy atom. The van der Waals surface area contributed by atoms with Crippen LogP contribution in [-0.2, 0) is 11.3 Å². The number of hydrogen-bond donors (Lipinski definition) is 1. The standard InChI is InChI=1S/C17H17N5O2/c1-10-6-4-5-7-12(10)9-22-15(23)13-14(20(3)17(22)24)19-16-18-11(2)8-21(13)16/h4-8,13H,9H2,1-3H3/p+1. The van der Waals surface area contributed by atoms with Gasteiger partial charge in [0.05, 0.1) is 6.54 Å². The van der Waals surface area contributed by atoms with Crippen LogP contribution in [0.3, 0.4) is 0 Å². The number of carbonyl (C=O) groups excluding carboxylic acids is 2. The summed E-state index contributed by atoms with van der Waals surface area (Å²) < 4.78 is 1.79. The number of carbonyl (C=O) groups is 2. The molecular formula is C17H18N5O2+. The molecule has 0 radical (unpaired) electrons. The number of benzene rings is 1. The average molecular weight is 324 g/mol. The number of nitrogens with one attached hydrogen (secondary N) is 1. The number of amides is 3. The van der Waals surface area contributed by atoms with E-state index >= 15 is 0 Å². The fraction of sp³-hybridized carbons (Fsp3) is 0.294. The van der Waals surface area contributed by atoms with Crippen LogP contribution < -0.4 is 4.57 Å². The number of nitrogens with zero attached hydrogens (tertiary/aromatic N) is 4.